The van der Waals surface area contributed by atoms with Gasteiger partial charge in [0.25, 0.3) is 0 Å². The predicted molar refractivity (Wildman–Crippen MR) is 171 cm³/mol. The number of aryl methyl sites for hydroxylation is 1. The van der Waals surface area contributed by atoms with E-state index in [9.17, 15) is 4.39 Å². The third-order valence-electron chi connectivity index (χ3n) is 10.0. The maximum absolute atomic E-state index is 15.1. The molecule has 11 heteroatoms. The molecule has 0 bridgehead atoms. The number of anilines is 2. The molecule has 5 heterocycles. The summed E-state index contributed by atoms with van der Waals surface area (Å²) in [4.78, 5) is 18.1. The molecule has 5 atom stereocenters. The lowest BCUT2D eigenvalue weighted by atomic mass is 9.93. The Labute approximate surface area is 267 Å². The molecular weight excluding hydrogens is 593 g/mol. The number of aromatic nitrogens is 3. The van der Waals surface area contributed by atoms with Crippen molar-refractivity contribution in [2.75, 3.05) is 50.0 Å². The van der Waals surface area contributed by atoms with Crippen LogP contribution in [0.5, 0.6) is 6.01 Å². The van der Waals surface area contributed by atoms with Crippen molar-refractivity contribution in [1.29, 1.82) is 0 Å². The Kier molecular flexibility index (Phi) is 6.45. The van der Waals surface area contributed by atoms with Crippen LogP contribution in [0, 0.1) is 24.1 Å². The summed E-state index contributed by atoms with van der Waals surface area (Å²) in [7, 11) is 0. The minimum Gasteiger partial charge on any atom is -0.461 e. The minimum atomic E-state index is -2.34. The first kappa shape index (κ1) is 27.0. The van der Waals surface area contributed by atoms with Crippen LogP contribution >= 0.6 is 0 Å². The van der Waals surface area contributed by atoms with E-state index in [1.165, 1.54) is 6.07 Å². The first-order valence-electron chi connectivity index (χ1n) is 16.8. The van der Waals surface area contributed by atoms with E-state index in [0.29, 0.717) is 89.1 Å². The van der Waals surface area contributed by atoms with Crippen LogP contribution in [0.15, 0.2) is 30.5 Å². The average Bonchev–Trinajstić information content (AvgIpc) is 3.41. The summed E-state index contributed by atoms with van der Waals surface area (Å²) in [5.41, 5.74) is 7.70. The molecule has 238 valence electrons. The van der Waals surface area contributed by atoms with Gasteiger partial charge in [0.15, 0.2) is 0 Å². The number of benzene rings is 2. The molecular formula is C35H35F3N6O2. The monoisotopic (exact) mass is 630 g/mol. The molecule has 4 aromatic rings. The quantitative estimate of drug-likeness (QED) is 0.229. The number of terminal acetylenes is 1. The van der Waals surface area contributed by atoms with Gasteiger partial charge in [0, 0.05) is 53.8 Å². The number of hydrogen-bond donors (Lipinski definition) is 1. The van der Waals surface area contributed by atoms with Gasteiger partial charge in [-0.05, 0) is 49.4 Å². The molecule has 0 spiro atoms. The highest BCUT2D eigenvalue weighted by molar-refractivity contribution is 6.04. The van der Waals surface area contributed by atoms with Gasteiger partial charge in [-0.25, -0.2) is 13.2 Å². The molecule has 0 radical (unpaired) electrons. The lowest BCUT2D eigenvalue weighted by molar-refractivity contribution is 0.107. The van der Waals surface area contributed by atoms with Crippen molar-refractivity contribution in [2.45, 2.75) is 56.5 Å². The van der Waals surface area contributed by atoms with E-state index in [4.69, 9.17) is 39.3 Å². The molecule has 46 heavy (non-hydrogen) atoms. The lowest BCUT2D eigenvalue weighted by Gasteiger charge is -2.31. The Hall–Kier alpha value is -4.14. The van der Waals surface area contributed by atoms with Crippen molar-refractivity contribution in [2.24, 2.45) is 5.92 Å². The van der Waals surface area contributed by atoms with Gasteiger partial charge in [0.2, 0.25) is 0 Å². The van der Waals surface area contributed by atoms with Gasteiger partial charge in [-0.3, -0.25) is 9.88 Å². The van der Waals surface area contributed by atoms with E-state index in [2.05, 4.69) is 5.92 Å². The zero-order chi connectivity index (χ0) is 33.5. The molecule has 2 N–H and O–H groups in total. The number of ether oxygens (including phenoxy) is 2. The summed E-state index contributed by atoms with van der Waals surface area (Å²) in [5, 5.41) is 1.64. The van der Waals surface area contributed by atoms with Crippen LogP contribution in [0.3, 0.4) is 0 Å². The van der Waals surface area contributed by atoms with Crippen molar-refractivity contribution >= 4 is 33.2 Å². The fraction of sp³-hybridized carbons (Fsp3) is 0.457. The third kappa shape index (κ3) is 4.56. The van der Waals surface area contributed by atoms with Gasteiger partial charge < -0.3 is 20.1 Å². The van der Waals surface area contributed by atoms with Crippen LogP contribution in [-0.2, 0) is 11.2 Å². The Bertz CT molecular complexity index is 2010. The smallest absolute Gasteiger partial charge is 0.319 e. The van der Waals surface area contributed by atoms with Crippen LogP contribution in [0.4, 0.5) is 24.7 Å². The molecule has 8 nitrogen and oxygen atoms in total. The topological polar surface area (TPSA) is 89.6 Å². The van der Waals surface area contributed by atoms with Gasteiger partial charge >= 0.3 is 6.01 Å². The molecule has 2 aromatic carbocycles. The summed E-state index contributed by atoms with van der Waals surface area (Å²) in [6.07, 6.45) is 6.66. The molecule has 0 amide bonds. The molecule has 4 aliphatic rings. The van der Waals surface area contributed by atoms with Crippen LogP contribution in [0.1, 0.15) is 40.1 Å². The number of rotatable bonds is 6. The second-order valence-electron chi connectivity index (χ2n) is 12.7. The van der Waals surface area contributed by atoms with Gasteiger partial charge in [0.1, 0.15) is 30.5 Å². The molecule has 3 aliphatic heterocycles. The first-order valence-corrected chi connectivity index (χ1v) is 15.8. The normalized spacial score (nSPS) is 28.4. The number of alkyl halides is 2. The first-order chi connectivity index (χ1) is 23.1. The van der Waals surface area contributed by atoms with Crippen molar-refractivity contribution in [3.8, 4) is 29.6 Å². The van der Waals surface area contributed by atoms with E-state index in [1.54, 1.807) is 24.4 Å². The van der Waals surface area contributed by atoms with Crippen LogP contribution in [-0.4, -0.2) is 83.2 Å². The van der Waals surface area contributed by atoms with Crippen LogP contribution in [0.2, 0.25) is 0 Å². The minimum absolute atomic E-state index is 0.00202. The summed E-state index contributed by atoms with van der Waals surface area (Å²) in [5.74, 6) is 1.95. The SMILES string of the molecule is [2H]C([2H])(Oc1nc(N2CCOC[C@H]3[C@H](F)[C@H]32)c2cnc(-c3cc(N)cc4ccc(F)c(C#C)c34)c(CC)c2n1)[C@@]12CCCN1C[C@H](F)C2. The highest BCUT2D eigenvalue weighted by atomic mass is 19.1. The molecule has 4 fully saturated rings. The zero-order valence-corrected chi connectivity index (χ0v) is 25.4. The third-order valence-corrected chi connectivity index (χ3v) is 10.0. The second-order valence-corrected chi connectivity index (χ2v) is 12.7. The fourth-order valence-electron chi connectivity index (χ4n) is 7.82. The number of hydrogen-bond acceptors (Lipinski definition) is 8. The van der Waals surface area contributed by atoms with Gasteiger partial charge in [-0.2, -0.15) is 9.97 Å². The van der Waals surface area contributed by atoms with Gasteiger partial charge in [-0.15, -0.1) is 6.42 Å². The summed E-state index contributed by atoms with van der Waals surface area (Å²) in [6.45, 7) is 1.28. The van der Waals surface area contributed by atoms with E-state index < -0.39 is 36.3 Å². The standard InChI is InChI=1S/C35H35F3N6O2/c1-3-22-27(37)7-6-19-12-21(39)13-24(28(19)22)30-23(4-2)31-25(15-40-30)33(44-10-11-45-17-26-29(38)32(26)44)42-34(41-31)46-18-35-8-5-9-43(35)16-20(36)14-35/h1,6-7,12-13,15,20,26,29,32H,4-5,8-11,14,16-18,39H2,2H3/t20-,26+,29+,32+,35+/m1/s1/i18D2. The maximum Gasteiger partial charge on any atom is 0.319 e. The number of fused-ring (bicyclic) bond motifs is 4. The summed E-state index contributed by atoms with van der Waals surface area (Å²) in [6, 6.07) is 5.61. The van der Waals surface area contributed by atoms with Crippen molar-refractivity contribution in [3.05, 3.63) is 47.4 Å². The number of nitrogen functional groups attached to an aromatic ring is 1. The Balaban J connectivity index is 1.35. The molecule has 8 rings (SSSR count). The molecule has 1 aliphatic carbocycles. The zero-order valence-electron chi connectivity index (χ0n) is 27.4. The highest BCUT2D eigenvalue weighted by Gasteiger charge is 2.56. The van der Waals surface area contributed by atoms with E-state index in [1.807, 2.05) is 16.7 Å². The van der Waals surface area contributed by atoms with Crippen LogP contribution in [0.25, 0.3) is 32.9 Å². The Morgan fingerprint density at radius 3 is 2.96 bits per heavy atom. The number of pyridine rings is 1. The number of halogens is 3. The lowest BCUT2D eigenvalue weighted by Crippen LogP contribution is -2.43. The Morgan fingerprint density at radius 1 is 1.26 bits per heavy atom. The summed E-state index contributed by atoms with van der Waals surface area (Å²) < 4.78 is 74.9. The van der Waals surface area contributed by atoms with Gasteiger partial charge in [-0.1, -0.05) is 18.9 Å². The van der Waals surface area contributed by atoms with E-state index in [0.717, 1.165) is 6.42 Å². The number of nitrogens with two attached hydrogens (primary N) is 1. The fourth-order valence-corrected chi connectivity index (χ4v) is 7.82. The van der Waals surface area contributed by atoms with Crippen molar-refractivity contribution < 1.29 is 25.4 Å². The van der Waals surface area contributed by atoms with E-state index in [-0.39, 0.29) is 30.5 Å². The van der Waals surface area contributed by atoms with Gasteiger partial charge in [0.05, 0.1) is 49.7 Å². The second kappa shape index (κ2) is 11.0. The van der Waals surface area contributed by atoms with Crippen molar-refractivity contribution in [1.82, 2.24) is 19.9 Å². The van der Waals surface area contributed by atoms with Crippen LogP contribution < -0.4 is 15.4 Å². The Morgan fingerprint density at radius 2 is 2.13 bits per heavy atom. The molecule has 3 saturated heterocycles. The molecule has 2 aromatic heterocycles. The van der Waals surface area contributed by atoms with E-state index >= 15 is 8.78 Å². The number of nitrogens with zero attached hydrogens (tertiary/aromatic N) is 5. The largest absolute Gasteiger partial charge is 0.461 e. The molecule has 1 saturated carbocycles. The van der Waals surface area contributed by atoms with Crippen molar-refractivity contribution in [3.63, 3.8) is 0 Å². The maximum atomic E-state index is 15.1. The average molecular weight is 631 g/mol. The summed E-state index contributed by atoms with van der Waals surface area (Å²) >= 11 is 0. The highest BCUT2D eigenvalue weighted by Crippen LogP contribution is 2.46. The molecule has 0 unspecified atom stereocenters. The predicted octanol–water partition coefficient (Wildman–Crippen LogP) is 5.24.